The Hall–Kier alpha value is -0.570. The summed E-state index contributed by atoms with van der Waals surface area (Å²) in [6, 6.07) is 0.646. The molecule has 5 atom stereocenters. The van der Waals surface area contributed by atoms with Gasteiger partial charge in [-0.25, -0.2) is 0 Å². The van der Waals surface area contributed by atoms with E-state index in [1.54, 1.807) is 0 Å². The summed E-state index contributed by atoms with van der Waals surface area (Å²) >= 11 is 0. The summed E-state index contributed by atoms with van der Waals surface area (Å²) in [7, 11) is 0. The van der Waals surface area contributed by atoms with Crippen LogP contribution in [0.25, 0.3) is 0 Å². The Morgan fingerprint density at radius 2 is 1.75 bits per heavy atom. The van der Waals surface area contributed by atoms with Crippen LogP contribution in [0.4, 0.5) is 0 Å². The van der Waals surface area contributed by atoms with Crippen LogP contribution in [-0.2, 0) is 4.79 Å². The van der Waals surface area contributed by atoms with Crippen molar-refractivity contribution in [3.8, 4) is 0 Å². The van der Waals surface area contributed by atoms with Gasteiger partial charge in [-0.05, 0) is 49.9 Å². The highest BCUT2D eigenvalue weighted by atomic mass is 16.2. The number of likely N-dealkylation sites (tertiary alicyclic amines) is 1. The van der Waals surface area contributed by atoms with Crippen molar-refractivity contribution in [3.63, 3.8) is 0 Å². The molecule has 2 aliphatic rings. The van der Waals surface area contributed by atoms with Crippen molar-refractivity contribution in [2.45, 2.75) is 72.4 Å². The first kappa shape index (κ1) is 15.8. The second kappa shape index (κ2) is 5.67. The van der Waals surface area contributed by atoms with E-state index >= 15 is 0 Å². The molecule has 2 fully saturated rings. The lowest BCUT2D eigenvalue weighted by Gasteiger charge is -2.49. The third kappa shape index (κ3) is 2.74. The maximum atomic E-state index is 13.1. The molecule has 5 unspecified atom stereocenters. The van der Waals surface area contributed by atoms with Crippen molar-refractivity contribution >= 4 is 5.91 Å². The molecule has 1 saturated carbocycles. The zero-order valence-electron chi connectivity index (χ0n) is 13.9. The second-order valence-corrected chi connectivity index (χ2v) is 7.93. The van der Waals surface area contributed by atoms with E-state index in [4.69, 9.17) is 5.73 Å². The molecule has 0 bridgehead atoms. The number of piperidine rings is 1. The molecular weight excluding hydrogens is 248 g/mol. The van der Waals surface area contributed by atoms with Crippen molar-refractivity contribution in [1.82, 2.24) is 4.90 Å². The first-order valence-electron chi connectivity index (χ1n) is 8.31. The number of nitrogens with zero attached hydrogens (tertiary/aromatic N) is 1. The molecule has 0 aromatic rings. The first-order chi connectivity index (χ1) is 9.25. The van der Waals surface area contributed by atoms with Crippen molar-refractivity contribution in [1.29, 1.82) is 0 Å². The minimum atomic E-state index is 0.00908. The number of hydrogen-bond acceptors (Lipinski definition) is 2. The number of amides is 1. The molecule has 1 heterocycles. The summed E-state index contributed by atoms with van der Waals surface area (Å²) < 4.78 is 0. The van der Waals surface area contributed by atoms with Gasteiger partial charge in [-0.1, -0.05) is 27.7 Å². The van der Waals surface area contributed by atoms with Gasteiger partial charge in [-0.2, -0.15) is 0 Å². The van der Waals surface area contributed by atoms with Crippen LogP contribution in [0.3, 0.4) is 0 Å². The van der Waals surface area contributed by atoms with Crippen molar-refractivity contribution in [3.05, 3.63) is 0 Å². The Morgan fingerprint density at radius 3 is 2.40 bits per heavy atom. The van der Waals surface area contributed by atoms with Gasteiger partial charge in [-0.15, -0.1) is 0 Å². The van der Waals surface area contributed by atoms with Gasteiger partial charge in [0.25, 0.3) is 0 Å². The Kier molecular flexibility index (Phi) is 4.48. The molecule has 0 spiro atoms. The fourth-order valence-corrected chi connectivity index (χ4v) is 4.09. The van der Waals surface area contributed by atoms with E-state index in [0.29, 0.717) is 23.8 Å². The van der Waals surface area contributed by atoms with Crippen LogP contribution in [-0.4, -0.2) is 29.4 Å². The Balaban J connectivity index is 2.15. The fourth-order valence-electron chi connectivity index (χ4n) is 4.09. The number of carbonyl (C=O) groups is 1. The van der Waals surface area contributed by atoms with Crippen LogP contribution in [0.5, 0.6) is 0 Å². The topological polar surface area (TPSA) is 46.3 Å². The molecule has 0 radical (unpaired) electrons. The van der Waals surface area contributed by atoms with Gasteiger partial charge >= 0.3 is 0 Å². The van der Waals surface area contributed by atoms with Crippen molar-refractivity contribution in [2.75, 3.05) is 6.54 Å². The highest BCUT2D eigenvalue weighted by Gasteiger charge is 2.47. The predicted molar refractivity (Wildman–Crippen MR) is 83.2 cm³/mol. The maximum Gasteiger partial charge on any atom is 0.226 e. The molecule has 2 rings (SSSR count). The Labute approximate surface area is 124 Å². The van der Waals surface area contributed by atoms with Gasteiger partial charge in [0, 0.05) is 24.5 Å². The highest BCUT2D eigenvalue weighted by Crippen LogP contribution is 2.45. The van der Waals surface area contributed by atoms with E-state index in [0.717, 1.165) is 25.8 Å². The number of nitrogens with two attached hydrogens (primary N) is 1. The molecule has 1 saturated heterocycles. The molecule has 1 amide bonds. The Morgan fingerprint density at radius 1 is 1.10 bits per heavy atom. The lowest BCUT2D eigenvalue weighted by Crippen LogP contribution is -2.55. The summed E-state index contributed by atoms with van der Waals surface area (Å²) in [4.78, 5) is 15.2. The Bertz CT molecular complexity index is 366. The fraction of sp³-hybridized carbons (Fsp3) is 0.941. The molecule has 1 aliphatic carbocycles. The van der Waals surface area contributed by atoms with Gasteiger partial charge in [0.05, 0.1) is 0 Å². The van der Waals surface area contributed by atoms with E-state index in [1.807, 2.05) is 0 Å². The molecule has 3 nitrogen and oxygen atoms in total. The van der Waals surface area contributed by atoms with Gasteiger partial charge < -0.3 is 10.6 Å². The predicted octanol–water partition coefficient (Wildman–Crippen LogP) is 3.03. The molecule has 3 heteroatoms. The minimum absolute atomic E-state index is 0.00908. The summed E-state index contributed by atoms with van der Waals surface area (Å²) in [5.41, 5.74) is 6.23. The van der Waals surface area contributed by atoms with Gasteiger partial charge in [-0.3, -0.25) is 4.79 Å². The summed E-state index contributed by atoms with van der Waals surface area (Å²) in [6.45, 7) is 12.1. The van der Waals surface area contributed by atoms with Crippen molar-refractivity contribution < 1.29 is 4.79 Å². The van der Waals surface area contributed by atoms with Crippen LogP contribution in [0, 0.1) is 23.2 Å². The largest absolute Gasteiger partial charge is 0.339 e. The van der Waals surface area contributed by atoms with E-state index in [1.165, 1.54) is 6.42 Å². The van der Waals surface area contributed by atoms with Crippen LogP contribution < -0.4 is 5.73 Å². The van der Waals surface area contributed by atoms with E-state index in [-0.39, 0.29) is 17.4 Å². The van der Waals surface area contributed by atoms with Crippen LogP contribution in [0.2, 0.25) is 0 Å². The van der Waals surface area contributed by atoms with Gasteiger partial charge in [0.2, 0.25) is 5.91 Å². The first-order valence-corrected chi connectivity index (χ1v) is 8.31. The quantitative estimate of drug-likeness (QED) is 0.802. The molecule has 116 valence electrons. The number of carbonyl (C=O) groups excluding carboxylic acids is 1. The smallest absolute Gasteiger partial charge is 0.226 e. The van der Waals surface area contributed by atoms with E-state index in [9.17, 15) is 4.79 Å². The zero-order valence-corrected chi connectivity index (χ0v) is 13.9. The standard InChI is InChI=1S/C17H32N2O/c1-11-6-7-12(2)19(10-11)16(20)14-8-9-15(18)13(3)17(14,4)5/h11-15H,6-10,18H2,1-5H3. The second-order valence-electron chi connectivity index (χ2n) is 7.93. The lowest BCUT2D eigenvalue weighted by molar-refractivity contribution is -0.148. The highest BCUT2D eigenvalue weighted by molar-refractivity contribution is 5.80. The normalized spacial score (nSPS) is 41.5. The average molecular weight is 280 g/mol. The van der Waals surface area contributed by atoms with Gasteiger partial charge in [0.1, 0.15) is 0 Å². The van der Waals surface area contributed by atoms with E-state index < -0.39 is 0 Å². The minimum Gasteiger partial charge on any atom is -0.339 e. The molecular formula is C17H32N2O. The lowest BCUT2D eigenvalue weighted by atomic mass is 9.60. The number of hydrogen-bond donors (Lipinski definition) is 1. The molecule has 1 aliphatic heterocycles. The average Bonchev–Trinajstić information content (AvgIpc) is 2.38. The third-order valence-corrected chi connectivity index (χ3v) is 6.20. The van der Waals surface area contributed by atoms with Crippen LogP contribution >= 0.6 is 0 Å². The summed E-state index contributed by atoms with van der Waals surface area (Å²) in [5.74, 6) is 1.57. The number of rotatable bonds is 1. The van der Waals surface area contributed by atoms with Gasteiger partial charge in [0.15, 0.2) is 0 Å². The van der Waals surface area contributed by atoms with Crippen LogP contribution in [0.15, 0.2) is 0 Å². The summed E-state index contributed by atoms with van der Waals surface area (Å²) in [6.07, 6.45) is 4.34. The molecule has 20 heavy (non-hydrogen) atoms. The maximum absolute atomic E-state index is 13.1. The summed E-state index contributed by atoms with van der Waals surface area (Å²) in [5, 5.41) is 0. The van der Waals surface area contributed by atoms with Crippen LogP contribution in [0.1, 0.15) is 60.3 Å². The third-order valence-electron chi connectivity index (χ3n) is 6.20. The van der Waals surface area contributed by atoms with E-state index in [2.05, 4.69) is 39.5 Å². The monoisotopic (exact) mass is 280 g/mol. The van der Waals surface area contributed by atoms with Crippen molar-refractivity contribution in [2.24, 2.45) is 28.9 Å². The molecule has 2 N–H and O–H groups in total. The SMILES string of the molecule is CC1CCC(C)N(C(=O)C2CCC(N)C(C)C2(C)C)C1. The zero-order chi connectivity index (χ0) is 15.1. The molecule has 0 aromatic heterocycles. The molecule has 0 aromatic carbocycles.